The second-order valence-electron chi connectivity index (χ2n) is 9.56. The summed E-state index contributed by atoms with van der Waals surface area (Å²) in [5.74, 6) is 3.54. The summed E-state index contributed by atoms with van der Waals surface area (Å²) in [5.41, 5.74) is 3.38. The Morgan fingerprint density at radius 3 is 2.46 bits per heavy atom. The first-order valence-corrected chi connectivity index (χ1v) is 13.3. The molecule has 2 heterocycles. The Balaban J connectivity index is 1.28. The third-order valence-electron chi connectivity index (χ3n) is 7.18. The maximum atomic E-state index is 13.7. The maximum Gasteiger partial charge on any atom is 0.233 e. The van der Waals surface area contributed by atoms with Crippen LogP contribution in [0.5, 0.6) is 11.5 Å². The third kappa shape index (κ3) is 4.29. The summed E-state index contributed by atoms with van der Waals surface area (Å²) in [6.07, 6.45) is 5.55. The van der Waals surface area contributed by atoms with Crippen molar-refractivity contribution in [3.63, 3.8) is 0 Å². The molecule has 182 valence electrons. The van der Waals surface area contributed by atoms with E-state index in [1.807, 2.05) is 29.2 Å². The first-order valence-electron chi connectivity index (χ1n) is 12.3. The van der Waals surface area contributed by atoms with E-state index in [-0.39, 0.29) is 11.9 Å². The Labute approximate surface area is 209 Å². The van der Waals surface area contributed by atoms with Crippen LogP contribution in [0, 0.1) is 0 Å². The summed E-state index contributed by atoms with van der Waals surface area (Å²) < 4.78 is 13.5. The van der Waals surface area contributed by atoms with Crippen LogP contribution < -0.4 is 9.47 Å². The molecule has 1 aromatic heterocycles. The van der Waals surface area contributed by atoms with Crippen molar-refractivity contribution in [1.82, 2.24) is 19.7 Å². The maximum absolute atomic E-state index is 13.7. The molecule has 2 fully saturated rings. The zero-order valence-electron chi connectivity index (χ0n) is 20.1. The standard InChI is InChI=1S/C27H30N4O3S/c1-33-22-14-19-12-13-30(25(17-6-4-3-5-7-17)21(19)15-23(22)34-2)24(32)16-35-27-29-28-26(18-8-9-18)31(27)20-10-11-20/h3-7,14-15,18,20,25H,8-13,16H2,1-2H3/t25-/m1/s1. The van der Waals surface area contributed by atoms with Crippen LogP contribution in [-0.4, -0.2) is 52.1 Å². The van der Waals surface area contributed by atoms with Gasteiger partial charge in [0, 0.05) is 18.5 Å². The Hall–Kier alpha value is -3.00. The van der Waals surface area contributed by atoms with Gasteiger partial charge in [0.05, 0.1) is 26.0 Å². The number of amides is 1. The fraction of sp³-hybridized carbons (Fsp3) is 0.444. The number of nitrogens with zero attached hydrogens (tertiary/aromatic N) is 4. The number of ether oxygens (including phenoxy) is 2. The van der Waals surface area contributed by atoms with Crippen molar-refractivity contribution < 1.29 is 14.3 Å². The predicted octanol–water partition coefficient (Wildman–Crippen LogP) is 4.77. The molecule has 3 aliphatic rings. The van der Waals surface area contributed by atoms with Crippen molar-refractivity contribution in [3.05, 3.63) is 65.0 Å². The lowest BCUT2D eigenvalue weighted by molar-refractivity contribution is -0.130. The molecule has 2 aliphatic carbocycles. The highest BCUT2D eigenvalue weighted by atomic mass is 32.2. The summed E-state index contributed by atoms with van der Waals surface area (Å²) >= 11 is 1.53. The summed E-state index contributed by atoms with van der Waals surface area (Å²) in [7, 11) is 3.31. The van der Waals surface area contributed by atoms with Crippen molar-refractivity contribution in [1.29, 1.82) is 0 Å². The monoisotopic (exact) mass is 490 g/mol. The number of carbonyl (C=O) groups excluding carboxylic acids is 1. The summed E-state index contributed by atoms with van der Waals surface area (Å²) in [6, 6.07) is 14.7. The van der Waals surface area contributed by atoms with Crippen molar-refractivity contribution >= 4 is 17.7 Å². The lowest BCUT2D eigenvalue weighted by Crippen LogP contribution is -2.41. The van der Waals surface area contributed by atoms with E-state index in [0.717, 1.165) is 34.3 Å². The second-order valence-corrected chi connectivity index (χ2v) is 10.5. The summed E-state index contributed by atoms with van der Waals surface area (Å²) in [4.78, 5) is 15.7. The van der Waals surface area contributed by atoms with Gasteiger partial charge in [-0.3, -0.25) is 4.79 Å². The quantitative estimate of drug-likeness (QED) is 0.424. The van der Waals surface area contributed by atoms with Crippen molar-refractivity contribution in [2.45, 2.75) is 55.3 Å². The van der Waals surface area contributed by atoms with Gasteiger partial charge in [-0.1, -0.05) is 42.1 Å². The Morgan fingerprint density at radius 2 is 1.77 bits per heavy atom. The SMILES string of the molecule is COc1cc2c(cc1OC)[C@@H](c1ccccc1)N(C(=O)CSc1nnc(C3CC3)n1C1CC1)CC2. The van der Waals surface area contributed by atoms with Crippen LogP contribution in [0.4, 0.5) is 0 Å². The lowest BCUT2D eigenvalue weighted by Gasteiger charge is -2.38. The van der Waals surface area contributed by atoms with Crippen LogP contribution in [0.15, 0.2) is 47.6 Å². The van der Waals surface area contributed by atoms with E-state index in [0.29, 0.717) is 30.0 Å². The number of methoxy groups -OCH3 is 2. The molecule has 2 saturated carbocycles. The fourth-order valence-electron chi connectivity index (χ4n) is 5.10. The minimum absolute atomic E-state index is 0.114. The number of benzene rings is 2. The topological polar surface area (TPSA) is 69.5 Å². The number of hydrogen-bond donors (Lipinski definition) is 0. The Bertz CT molecular complexity index is 1240. The average molecular weight is 491 g/mol. The van der Waals surface area contributed by atoms with E-state index in [2.05, 4.69) is 33.0 Å². The normalized spacial score (nSPS) is 19.4. The van der Waals surface area contributed by atoms with Gasteiger partial charge in [-0.25, -0.2) is 0 Å². The number of hydrogen-bond acceptors (Lipinski definition) is 6. The van der Waals surface area contributed by atoms with Crippen molar-refractivity contribution in [3.8, 4) is 11.5 Å². The van der Waals surface area contributed by atoms with Gasteiger partial charge >= 0.3 is 0 Å². The number of carbonyl (C=O) groups is 1. The molecule has 3 aromatic rings. The van der Waals surface area contributed by atoms with E-state index in [1.165, 1.54) is 43.0 Å². The van der Waals surface area contributed by atoms with Gasteiger partial charge in [0.2, 0.25) is 5.91 Å². The number of aromatic nitrogens is 3. The fourth-order valence-corrected chi connectivity index (χ4v) is 6.00. The van der Waals surface area contributed by atoms with Crippen LogP contribution in [0.3, 0.4) is 0 Å². The Morgan fingerprint density at radius 1 is 1.03 bits per heavy atom. The molecule has 8 heteroatoms. The van der Waals surface area contributed by atoms with Gasteiger partial charge in [0.1, 0.15) is 5.82 Å². The van der Waals surface area contributed by atoms with E-state index in [9.17, 15) is 4.79 Å². The molecule has 0 N–H and O–H groups in total. The largest absolute Gasteiger partial charge is 0.493 e. The molecule has 1 amide bonds. The highest BCUT2D eigenvalue weighted by molar-refractivity contribution is 7.99. The minimum Gasteiger partial charge on any atom is -0.493 e. The molecule has 1 atom stereocenters. The molecule has 0 spiro atoms. The third-order valence-corrected chi connectivity index (χ3v) is 8.11. The lowest BCUT2D eigenvalue weighted by atomic mass is 9.87. The van der Waals surface area contributed by atoms with Crippen LogP contribution in [0.2, 0.25) is 0 Å². The van der Waals surface area contributed by atoms with Crippen LogP contribution in [0.1, 0.15) is 66.2 Å². The van der Waals surface area contributed by atoms with E-state index in [4.69, 9.17) is 9.47 Å². The molecule has 2 aromatic carbocycles. The molecule has 7 nitrogen and oxygen atoms in total. The minimum atomic E-state index is -0.170. The van der Waals surface area contributed by atoms with E-state index >= 15 is 0 Å². The van der Waals surface area contributed by atoms with Gasteiger partial charge < -0.3 is 18.9 Å². The predicted molar refractivity (Wildman–Crippen MR) is 134 cm³/mol. The summed E-state index contributed by atoms with van der Waals surface area (Å²) in [5, 5.41) is 9.88. The molecular formula is C27H30N4O3S. The first kappa shape index (κ1) is 22.5. The zero-order valence-corrected chi connectivity index (χ0v) is 21.0. The number of rotatable bonds is 8. The average Bonchev–Trinajstić information content (AvgIpc) is 3.84. The molecule has 0 saturated heterocycles. The van der Waals surface area contributed by atoms with E-state index in [1.54, 1.807) is 14.2 Å². The van der Waals surface area contributed by atoms with Gasteiger partial charge in [0.25, 0.3) is 0 Å². The molecule has 6 rings (SSSR count). The molecule has 0 radical (unpaired) electrons. The molecule has 0 unspecified atom stereocenters. The first-order chi connectivity index (χ1) is 17.2. The van der Waals surface area contributed by atoms with Crippen molar-refractivity contribution in [2.24, 2.45) is 0 Å². The molecule has 35 heavy (non-hydrogen) atoms. The molecular weight excluding hydrogens is 460 g/mol. The van der Waals surface area contributed by atoms with Crippen LogP contribution in [0.25, 0.3) is 0 Å². The van der Waals surface area contributed by atoms with Crippen LogP contribution in [-0.2, 0) is 11.2 Å². The second kappa shape index (κ2) is 9.22. The highest BCUT2D eigenvalue weighted by Crippen LogP contribution is 2.46. The smallest absolute Gasteiger partial charge is 0.233 e. The molecule has 0 bridgehead atoms. The van der Waals surface area contributed by atoms with Gasteiger partial charge in [-0.15, -0.1) is 10.2 Å². The number of thioether (sulfide) groups is 1. The van der Waals surface area contributed by atoms with Crippen molar-refractivity contribution in [2.75, 3.05) is 26.5 Å². The van der Waals surface area contributed by atoms with Gasteiger partial charge in [0.15, 0.2) is 16.7 Å². The summed E-state index contributed by atoms with van der Waals surface area (Å²) in [6.45, 7) is 0.657. The highest BCUT2D eigenvalue weighted by Gasteiger charge is 2.37. The zero-order chi connectivity index (χ0) is 23.9. The molecule has 1 aliphatic heterocycles. The Kier molecular flexibility index (Phi) is 5.92. The van der Waals surface area contributed by atoms with Crippen LogP contribution >= 0.6 is 11.8 Å². The van der Waals surface area contributed by atoms with Gasteiger partial charge in [-0.2, -0.15) is 0 Å². The van der Waals surface area contributed by atoms with E-state index < -0.39 is 0 Å². The van der Waals surface area contributed by atoms with Gasteiger partial charge in [-0.05, 0) is 60.9 Å². The number of fused-ring (bicyclic) bond motifs is 1.